The molecule has 0 spiro atoms. The normalized spacial score (nSPS) is 32.6. The number of carbonyl (C=O) groups is 1. The van der Waals surface area contributed by atoms with Crippen LogP contribution in [-0.2, 0) is 4.79 Å². The molecule has 2 aliphatic rings. The van der Waals surface area contributed by atoms with Crippen molar-refractivity contribution in [1.82, 2.24) is 0 Å². The van der Waals surface area contributed by atoms with E-state index in [2.05, 4.69) is 19.9 Å². The van der Waals surface area contributed by atoms with Crippen LogP contribution in [0.3, 0.4) is 0 Å². The first-order valence-electron chi connectivity index (χ1n) is 6.85. The number of Topliss-reactive ketones (excluding diaryl/α,β-unsaturated/α-hetero) is 1. The van der Waals surface area contributed by atoms with Crippen LogP contribution >= 0.6 is 0 Å². The van der Waals surface area contributed by atoms with Crippen molar-refractivity contribution in [3.63, 3.8) is 0 Å². The van der Waals surface area contributed by atoms with Gasteiger partial charge >= 0.3 is 0 Å². The van der Waals surface area contributed by atoms with E-state index in [1.54, 1.807) is 5.57 Å². The molecular formula is C15H24O. The minimum absolute atomic E-state index is 0.405. The maximum absolute atomic E-state index is 11.6. The highest BCUT2D eigenvalue weighted by Gasteiger charge is 2.28. The molecule has 0 saturated heterocycles. The Bertz CT molecular complexity index is 290. The Morgan fingerprint density at radius 3 is 2.75 bits per heavy atom. The largest absolute Gasteiger partial charge is 0.299 e. The van der Waals surface area contributed by atoms with Gasteiger partial charge in [-0.3, -0.25) is 4.79 Å². The predicted molar refractivity (Wildman–Crippen MR) is 67.2 cm³/mol. The fourth-order valence-electron chi connectivity index (χ4n) is 3.28. The molecule has 0 heterocycles. The standard InChI is InChI=1S/C15H24O/c1-11-6-8-13(9-7-11)12(2)10-14-4-3-5-15(14)16/h6,12-14H,3-5,7-10H2,1-2H3/t12-,13+,14+/m1/s1. The van der Waals surface area contributed by atoms with Crippen LogP contribution in [0.15, 0.2) is 11.6 Å². The number of rotatable bonds is 3. The molecule has 1 saturated carbocycles. The molecular weight excluding hydrogens is 196 g/mol. The Balaban J connectivity index is 1.83. The maximum atomic E-state index is 11.6. The second-order valence-electron chi connectivity index (χ2n) is 5.85. The van der Waals surface area contributed by atoms with Crippen molar-refractivity contribution < 1.29 is 4.79 Å². The lowest BCUT2D eigenvalue weighted by molar-refractivity contribution is -0.121. The Hall–Kier alpha value is -0.590. The van der Waals surface area contributed by atoms with Gasteiger partial charge in [-0.1, -0.05) is 18.6 Å². The summed E-state index contributed by atoms with van der Waals surface area (Å²) in [5.41, 5.74) is 1.56. The quantitative estimate of drug-likeness (QED) is 0.654. The fraction of sp³-hybridized carbons (Fsp3) is 0.800. The molecule has 90 valence electrons. The smallest absolute Gasteiger partial charge is 0.135 e. The molecule has 0 unspecified atom stereocenters. The first-order valence-corrected chi connectivity index (χ1v) is 6.85. The van der Waals surface area contributed by atoms with E-state index >= 15 is 0 Å². The zero-order valence-electron chi connectivity index (χ0n) is 10.7. The van der Waals surface area contributed by atoms with Crippen LogP contribution in [0.2, 0.25) is 0 Å². The van der Waals surface area contributed by atoms with Crippen LogP contribution in [-0.4, -0.2) is 5.78 Å². The summed E-state index contributed by atoms with van der Waals surface area (Å²) in [6, 6.07) is 0. The maximum Gasteiger partial charge on any atom is 0.135 e. The third kappa shape index (κ3) is 2.75. The van der Waals surface area contributed by atoms with E-state index in [0.29, 0.717) is 11.7 Å². The molecule has 1 fully saturated rings. The van der Waals surface area contributed by atoms with Gasteiger partial charge in [0.25, 0.3) is 0 Å². The molecule has 0 radical (unpaired) electrons. The fourth-order valence-corrected chi connectivity index (χ4v) is 3.28. The number of ketones is 1. The average molecular weight is 220 g/mol. The Kier molecular flexibility index (Phi) is 3.83. The van der Waals surface area contributed by atoms with Crippen LogP contribution in [0.25, 0.3) is 0 Å². The van der Waals surface area contributed by atoms with Crippen molar-refractivity contribution in [2.75, 3.05) is 0 Å². The molecule has 16 heavy (non-hydrogen) atoms. The van der Waals surface area contributed by atoms with E-state index in [4.69, 9.17) is 0 Å². The molecule has 1 nitrogen and oxygen atoms in total. The van der Waals surface area contributed by atoms with E-state index in [-0.39, 0.29) is 0 Å². The first kappa shape index (κ1) is 11.9. The van der Waals surface area contributed by atoms with Gasteiger partial charge in [-0.05, 0) is 57.3 Å². The Morgan fingerprint density at radius 2 is 2.19 bits per heavy atom. The molecule has 2 rings (SSSR count). The van der Waals surface area contributed by atoms with Crippen LogP contribution in [0.4, 0.5) is 0 Å². The zero-order chi connectivity index (χ0) is 11.5. The number of carbonyl (C=O) groups excluding carboxylic acids is 1. The van der Waals surface area contributed by atoms with E-state index < -0.39 is 0 Å². The predicted octanol–water partition coefficient (Wildman–Crippen LogP) is 4.13. The zero-order valence-corrected chi connectivity index (χ0v) is 10.7. The summed E-state index contributed by atoms with van der Waals surface area (Å²) in [6.45, 7) is 4.59. The summed E-state index contributed by atoms with van der Waals surface area (Å²) in [5.74, 6) is 2.50. The lowest BCUT2D eigenvalue weighted by Gasteiger charge is -2.28. The van der Waals surface area contributed by atoms with Gasteiger partial charge < -0.3 is 0 Å². The minimum Gasteiger partial charge on any atom is -0.299 e. The van der Waals surface area contributed by atoms with Gasteiger partial charge in [0.05, 0.1) is 0 Å². The van der Waals surface area contributed by atoms with Crippen LogP contribution in [0.1, 0.15) is 58.8 Å². The summed E-state index contributed by atoms with van der Waals surface area (Å²) >= 11 is 0. The molecule has 0 aromatic carbocycles. The van der Waals surface area contributed by atoms with Crippen molar-refractivity contribution in [3.8, 4) is 0 Å². The van der Waals surface area contributed by atoms with E-state index in [1.807, 2.05) is 0 Å². The summed E-state index contributed by atoms with van der Waals surface area (Å²) in [6.07, 6.45) is 10.6. The summed E-state index contributed by atoms with van der Waals surface area (Å²) in [5, 5.41) is 0. The summed E-state index contributed by atoms with van der Waals surface area (Å²) in [7, 11) is 0. The average Bonchev–Trinajstić information content (AvgIpc) is 2.65. The molecule has 0 aromatic rings. The van der Waals surface area contributed by atoms with Gasteiger partial charge in [0.15, 0.2) is 0 Å². The molecule has 0 bridgehead atoms. The molecule has 0 aliphatic heterocycles. The van der Waals surface area contributed by atoms with E-state index in [9.17, 15) is 4.79 Å². The topological polar surface area (TPSA) is 17.1 Å². The molecule has 0 N–H and O–H groups in total. The third-order valence-corrected chi connectivity index (χ3v) is 4.57. The van der Waals surface area contributed by atoms with E-state index in [1.165, 1.54) is 19.3 Å². The van der Waals surface area contributed by atoms with Gasteiger partial charge in [0.2, 0.25) is 0 Å². The van der Waals surface area contributed by atoms with Crippen LogP contribution in [0, 0.1) is 17.8 Å². The summed E-state index contributed by atoms with van der Waals surface area (Å²) in [4.78, 5) is 11.6. The van der Waals surface area contributed by atoms with Crippen molar-refractivity contribution in [2.24, 2.45) is 17.8 Å². The van der Waals surface area contributed by atoms with Crippen LogP contribution < -0.4 is 0 Å². The van der Waals surface area contributed by atoms with Crippen LogP contribution in [0.5, 0.6) is 0 Å². The molecule has 1 heteroatoms. The lowest BCUT2D eigenvalue weighted by atomic mass is 9.77. The van der Waals surface area contributed by atoms with Gasteiger partial charge in [0.1, 0.15) is 5.78 Å². The second kappa shape index (κ2) is 5.16. The lowest BCUT2D eigenvalue weighted by Crippen LogP contribution is -2.19. The molecule has 0 amide bonds. The van der Waals surface area contributed by atoms with Gasteiger partial charge in [-0.25, -0.2) is 0 Å². The molecule has 3 atom stereocenters. The van der Waals surface area contributed by atoms with Crippen molar-refractivity contribution in [2.45, 2.75) is 58.8 Å². The van der Waals surface area contributed by atoms with Crippen molar-refractivity contribution in [1.29, 1.82) is 0 Å². The van der Waals surface area contributed by atoms with E-state index in [0.717, 1.165) is 37.5 Å². The number of hydrogen-bond donors (Lipinski definition) is 0. The Labute approximate surface area is 99.3 Å². The number of allylic oxidation sites excluding steroid dienone is 2. The molecule has 2 aliphatic carbocycles. The SMILES string of the molecule is CC1=CC[C@H]([C@H](C)C[C@@H]2CCCC2=O)CC1. The van der Waals surface area contributed by atoms with Crippen molar-refractivity contribution in [3.05, 3.63) is 11.6 Å². The second-order valence-corrected chi connectivity index (χ2v) is 5.85. The highest BCUT2D eigenvalue weighted by atomic mass is 16.1. The monoisotopic (exact) mass is 220 g/mol. The van der Waals surface area contributed by atoms with Gasteiger partial charge in [-0.2, -0.15) is 0 Å². The third-order valence-electron chi connectivity index (χ3n) is 4.57. The highest BCUT2D eigenvalue weighted by molar-refractivity contribution is 5.82. The number of hydrogen-bond acceptors (Lipinski definition) is 1. The highest BCUT2D eigenvalue weighted by Crippen LogP contribution is 2.35. The van der Waals surface area contributed by atoms with Gasteiger partial charge in [0, 0.05) is 12.3 Å². The minimum atomic E-state index is 0.405. The Morgan fingerprint density at radius 1 is 1.38 bits per heavy atom. The molecule has 0 aromatic heterocycles. The first-order chi connectivity index (χ1) is 7.66. The summed E-state index contributed by atoms with van der Waals surface area (Å²) < 4.78 is 0. The van der Waals surface area contributed by atoms with Crippen molar-refractivity contribution >= 4 is 5.78 Å². The van der Waals surface area contributed by atoms with Gasteiger partial charge in [-0.15, -0.1) is 0 Å².